The minimum atomic E-state index is -1.52. The van der Waals surface area contributed by atoms with E-state index in [4.69, 9.17) is 24.2 Å². The van der Waals surface area contributed by atoms with Gasteiger partial charge in [0.2, 0.25) is 5.79 Å². The SMILES string of the molecule is C=CCOC12Oc3ccc(Oc4ccc5ccccc5c4)cc3C3C(CCCCO)C(CCCCO)C=C(C(=NOC)CC1N(Cc1ccc(F)cc1)C(=O)c1ccc(C#N)cc1)C32. The maximum Gasteiger partial charge on any atom is 0.254 e. The summed E-state index contributed by atoms with van der Waals surface area (Å²) in [4.78, 5) is 22.5. The average molecular weight is 864 g/mol. The second-order valence-electron chi connectivity index (χ2n) is 16.8. The number of amides is 1. The zero-order valence-corrected chi connectivity index (χ0v) is 36.1. The normalized spacial score (nSPS) is 22.6. The van der Waals surface area contributed by atoms with Crippen LogP contribution in [0.2, 0.25) is 0 Å². The van der Waals surface area contributed by atoms with Crippen molar-refractivity contribution in [3.8, 4) is 23.3 Å². The van der Waals surface area contributed by atoms with Crippen LogP contribution >= 0.6 is 0 Å². The number of benzene rings is 5. The highest BCUT2D eigenvalue weighted by Crippen LogP contribution is 2.62. The third-order valence-corrected chi connectivity index (χ3v) is 13.0. The molecule has 0 spiro atoms. The van der Waals surface area contributed by atoms with Crippen molar-refractivity contribution in [2.45, 2.75) is 69.2 Å². The van der Waals surface area contributed by atoms with Crippen LogP contribution in [0.1, 0.15) is 77.9 Å². The van der Waals surface area contributed by atoms with Crippen LogP contribution < -0.4 is 9.47 Å². The first-order chi connectivity index (χ1) is 31.3. The van der Waals surface area contributed by atoms with Gasteiger partial charge in [-0.1, -0.05) is 72.6 Å². The highest BCUT2D eigenvalue weighted by molar-refractivity contribution is 6.03. The number of hydrogen-bond acceptors (Lipinski definition) is 9. The molecule has 8 rings (SSSR count). The van der Waals surface area contributed by atoms with Crippen LogP contribution in [0, 0.1) is 34.9 Å². The first kappa shape index (κ1) is 44.3. The van der Waals surface area contributed by atoms with E-state index in [9.17, 15) is 19.9 Å². The van der Waals surface area contributed by atoms with Gasteiger partial charge in [-0.05, 0) is 126 Å². The summed E-state index contributed by atoms with van der Waals surface area (Å²) in [5, 5.41) is 36.4. The predicted molar refractivity (Wildman–Crippen MR) is 243 cm³/mol. The maximum atomic E-state index is 15.2. The third-order valence-electron chi connectivity index (χ3n) is 13.0. The number of ether oxygens (including phenoxy) is 3. The van der Waals surface area contributed by atoms with Gasteiger partial charge in [0.05, 0.1) is 29.9 Å². The molecular weight excluding hydrogens is 810 g/mol. The van der Waals surface area contributed by atoms with E-state index in [1.165, 1.54) is 19.2 Å². The molecule has 0 bridgehead atoms. The molecule has 2 aliphatic carbocycles. The van der Waals surface area contributed by atoms with E-state index in [0.29, 0.717) is 52.5 Å². The van der Waals surface area contributed by atoms with Gasteiger partial charge in [0.15, 0.2) is 0 Å². The molecule has 330 valence electrons. The average Bonchev–Trinajstić information content (AvgIpc) is 3.32. The summed E-state index contributed by atoms with van der Waals surface area (Å²) in [5.41, 5.74) is 3.92. The van der Waals surface area contributed by atoms with Gasteiger partial charge in [-0.2, -0.15) is 5.26 Å². The van der Waals surface area contributed by atoms with Crippen LogP contribution in [0.3, 0.4) is 0 Å². The Morgan fingerprint density at radius 1 is 0.938 bits per heavy atom. The monoisotopic (exact) mass is 863 g/mol. The largest absolute Gasteiger partial charge is 0.459 e. The molecule has 5 aromatic carbocycles. The van der Waals surface area contributed by atoms with Crippen LogP contribution in [-0.4, -0.2) is 65.5 Å². The standard InChI is InChI=1S/C53H54FN3O7/c1-3-28-62-53-49(57(34-36-16-21-41(54)22-17-36)52(60)38-18-14-35(33-55)15-19-38)32-47(56-61-2)45-30-40(12-6-8-26-58)44(13-7-9-27-59)50(51(45)53)46-31-43(24-25-48(46)64-53)63-42-23-20-37-10-4-5-11-39(37)29-42/h3-5,10-11,14-25,29-31,40,44,49-51,58-59H,1,6-9,12-13,26-28,32,34H2,2H3. The maximum absolute atomic E-state index is 15.2. The molecule has 2 N–H and O–H groups in total. The minimum Gasteiger partial charge on any atom is -0.459 e. The molecule has 1 saturated carbocycles. The van der Waals surface area contributed by atoms with Gasteiger partial charge < -0.3 is 34.2 Å². The van der Waals surface area contributed by atoms with Crippen molar-refractivity contribution in [1.29, 1.82) is 5.26 Å². The van der Waals surface area contributed by atoms with Gasteiger partial charge in [0.25, 0.3) is 5.91 Å². The molecule has 0 radical (unpaired) electrons. The first-order valence-corrected chi connectivity index (χ1v) is 22.1. The second kappa shape index (κ2) is 20.0. The van der Waals surface area contributed by atoms with Gasteiger partial charge in [-0.25, -0.2) is 4.39 Å². The lowest BCUT2D eigenvalue weighted by atomic mass is 9.55. The highest BCUT2D eigenvalue weighted by atomic mass is 19.1. The topological polar surface area (TPSA) is 134 Å². The molecule has 1 aliphatic heterocycles. The van der Waals surface area contributed by atoms with Crippen LogP contribution in [0.5, 0.6) is 17.2 Å². The summed E-state index contributed by atoms with van der Waals surface area (Å²) < 4.78 is 35.5. The van der Waals surface area contributed by atoms with Crippen molar-refractivity contribution in [3.63, 3.8) is 0 Å². The number of hydrogen-bond donors (Lipinski definition) is 2. The molecule has 6 atom stereocenters. The molecule has 1 amide bonds. The van der Waals surface area contributed by atoms with E-state index in [1.807, 2.05) is 42.5 Å². The predicted octanol–water partition coefficient (Wildman–Crippen LogP) is 10.2. The van der Waals surface area contributed by atoms with Crippen LogP contribution in [0.4, 0.5) is 4.39 Å². The number of carbonyl (C=O) groups excluding carboxylic acids is 1. The molecule has 1 fully saturated rings. The van der Waals surface area contributed by atoms with Gasteiger partial charge in [0.1, 0.15) is 36.2 Å². The Morgan fingerprint density at radius 3 is 2.38 bits per heavy atom. The number of oxime groups is 1. The number of aliphatic hydroxyl groups excluding tert-OH is 2. The van der Waals surface area contributed by atoms with Crippen molar-refractivity contribution in [1.82, 2.24) is 4.90 Å². The van der Waals surface area contributed by atoms with Crippen LogP contribution in [0.25, 0.3) is 10.8 Å². The molecule has 1 heterocycles. The summed E-state index contributed by atoms with van der Waals surface area (Å²) in [6, 6.07) is 33.9. The summed E-state index contributed by atoms with van der Waals surface area (Å²) in [6.45, 7) is 4.34. The number of allylic oxidation sites excluding steroid dienone is 1. The molecule has 0 aromatic heterocycles. The van der Waals surface area contributed by atoms with Crippen molar-refractivity contribution < 1.29 is 38.4 Å². The number of carbonyl (C=O) groups is 1. The Morgan fingerprint density at radius 2 is 1.66 bits per heavy atom. The Hall–Kier alpha value is -6.32. The van der Waals surface area contributed by atoms with E-state index in [-0.39, 0.29) is 56.4 Å². The fraction of sp³-hybridized carbons (Fsp3) is 0.340. The number of halogens is 1. The first-order valence-electron chi connectivity index (χ1n) is 22.1. The molecule has 3 aliphatic rings. The van der Waals surface area contributed by atoms with Crippen molar-refractivity contribution in [2.24, 2.45) is 22.9 Å². The number of fused-ring (bicyclic) bond motifs is 3. The Kier molecular flexibility index (Phi) is 13.9. The van der Waals surface area contributed by atoms with Crippen LogP contribution in [0.15, 0.2) is 139 Å². The Balaban J connectivity index is 1.34. The van der Waals surface area contributed by atoms with E-state index in [2.05, 4.69) is 36.9 Å². The van der Waals surface area contributed by atoms with Crippen molar-refractivity contribution in [2.75, 3.05) is 26.9 Å². The van der Waals surface area contributed by atoms with Gasteiger partial charge in [-0.15, -0.1) is 6.58 Å². The molecule has 64 heavy (non-hydrogen) atoms. The lowest BCUT2D eigenvalue weighted by Gasteiger charge is -2.60. The summed E-state index contributed by atoms with van der Waals surface area (Å²) in [6.07, 6.45) is 8.58. The molecular formula is C53H54FN3O7. The molecule has 6 unspecified atom stereocenters. The van der Waals surface area contributed by atoms with Gasteiger partial charge in [-0.3, -0.25) is 4.79 Å². The fourth-order valence-corrected chi connectivity index (χ4v) is 10.2. The number of nitriles is 1. The Labute approximate surface area is 373 Å². The van der Waals surface area contributed by atoms with Crippen LogP contribution in [-0.2, 0) is 16.1 Å². The highest BCUT2D eigenvalue weighted by Gasteiger charge is 2.65. The number of unbranched alkanes of at least 4 members (excludes halogenated alkanes) is 2. The lowest BCUT2D eigenvalue weighted by molar-refractivity contribution is -0.255. The summed E-state index contributed by atoms with van der Waals surface area (Å²) in [7, 11) is 1.51. The third kappa shape index (κ3) is 9.04. The van der Waals surface area contributed by atoms with Gasteiger partial charge >= 0.3 is 0 Å². The van der Waals surface area contributed by atoms with Gasteiger partial charge in [0, 0.05) is 43.2 Å². The van der Waals surface area contributed by atoms with Crippen molar-refractivity contribution >= 4 is 22.4 Å². The zero-order chi connectivity index (χ0) is 44.6. The number of aliphatic hydroxyl groups is 2. The summed E-state index contributed by atoms with van der Waals surface area (Å²) in [5.74, 6) is -1.11. The zero-order valence-electron chi connectivity index (χ0n) is 36.1. The quantitative estimate of drug-likeness (QED) is 0.0505. The molecule has 0 saturated heterocycles. The van der Waals surface area contributed by atoms with E-state index in [1.54, 1.807) is 47.4 Å². The van der Waals surface area contributed by atoms with E-state index in [0.717, 1.165) is 47.6 Å². The second-order valence-corrected chi connectivity index (χ2v) is 16.8. The fourth-order valence-electron chi connectivity index (χ4n) is 10.2. The molecule has 11 heteroatoms. The minimum absolute atomic E-state index is 0.00610. The smallest absolute Gasteiger partial charge is 0.254 e. The van der Waals surface area contributed by atoms with E-state index < -0.39 is 23.6 Å². The lowest BCUT2D eigenvalue weighted by Crippen LogP contribution is -2.70. The van der Waals surface area contributed by atoms with Crippen molar-refractivity contribution in [3.05, 3.63) is 162 Å². The number of rotatable bonds is 18. The number of nitrogens with zero attached hydrogens (tertiary/aromatic N) is 3. The molecule has 10 nitrogen and oxygen atoms in total. The molecule has 5 aromatic rings. The summed E-state index contributed by atoms with van der Waals surface area (Å²) >= 11 is 0. The Bertz CT molecular complexity index is 2550. The van der Waals surface area contributed by atoms with E-state index >= 15 is 4.79 Å².